The van der Waals surface area contributed by atoms with Crippen molar-refractivity contribution in [3.8, 4) is 0 Å². The van der Waals surface area contributed by atoms with E-state index < -0.39 is 6.10 Å². The monoisotopic (exact) mass is 261 g/mol. The zero-order valence-corrected chi connectivity index (χ0v) is 11.4. The summed E-state index contributed by atoms with van der Waals surface area (Å²) in [5.41, 5.74) is 1.32. The van der Waals surface area contributed by atoms with Gasteiger partial charge in [0.1, 0.15) is 6.10 Å². The van der Waals surface area contributed by atoms with E-state index in [1.165, 1.54) is 5.56 Å². The summed E-state index contributed by atoms with van der Waals surface area (Å²) in [6, 6.07) is 14.7. The maximum Gasteiger partial charge on any atom is 0.101 e. The van der Waals surface area contributed by atoms with Crippen molar-refractivity contribution in [2.24, 2.45) is 0 Å². The van der Waals surface area contributed by atoms with E-state index in [0.717, 1.165) is 11.3 Å². The summed E-state index contributed by atoms with van der Waals surface area (Å²) >= 11 is 1.60. The van der Waals surface area contributed by atoms with E-state index >= 15 is 0 Å². The van der Waals surface area contributed by atoms with Gasteiger partial charge in [-0.15, -0.1) is 11.3 Å². The second-order valence-corrected chi connectivity index (χ2v) is 5.51. The Bertz CT molecular complexity index is 441. The number of hydrogen-bond acceptors (Lipinski definition) is 3. The molecule has 0 aliphatic rings. The second kappa shape index (κ2) is 6.69. The molecular weight excluding hydrogens is 242 g/mol. The van der Waals surface area contributed by atoms with Gasteiger partial charge in [-0.05, 0) is 30.4 Å². The fraction of sp³-hybridized carbons (Fsp3) is 0.333. The number of aliphatic hydroxyl groups is 1. The minimum Gasteiger partial charge on any atom is -0.386 e. The lowest BCUT2D eigenvalue weighted by Crippen LogP contribution is -2.31. The van der Waals surface area contributed by atoms with E-state index in [0.29, 0.717) is 12.6 Å². The van der Waals surface area contributed by atoms with Crippen LogP contribution in [0.3, 0.4) is 0 Å². The SMILES string of the molecule is CC(Cc1ccccc1)NCC(O)c1cccs1. The molecule has 1 aromatic carbocycles. The van der Waals surface area contributed by atoms with Crippen molar-refractivity contribution in [3.05, 3.63) is 58.3 Å². The number of thiophene rings is 1. The van der Waals surface area contributed by atoms with Gasteiger partial charge in [0.05, 0.1) is 0 Å². The molecule has 0 aliphatic carbocycles. The molecular formula is C15H19NOS. The van der Waals surface area contributed by atoms with Crippen LogP contribution in [0.15, 0.2) is 47.8 Å². The van der Waals surface area contributed by atoms with Gasteiger partial charge in [-0.3, -0.25) is 0 Å². The average Bonchev–Trinajstić information content (AvgIpc) is 2.91. The van der Waals surface area contributed by atoms with Gasteiger partial charge in [-0.2, -0.15) is 0 Å². The molecule has 1 heterocycles. The van der Waals surface area contributed by atoms with Crippen LogP contribution in [-0.4, -0.2) is 17.7 Å². The van der Waals surface area contributed by atoms with Crippen molar-refractivity contribution >= 4 is 11.3 Å². The summed E-state index contributed by atoms with van der Waals surface area (Å²) in [6.45, 7) is 2.75. The molecule has 0 aliphatic heterocycles. The van der Waals surface area contributed by atoms with Crippen LogP contribution in [0.4, 0.5) is 0 Å². The van der Waals surface area contributed by atoms with Crippen LogP contribution in [-0.2, 0) is 6.42 Å². The van der Waals surface area contributed by atoms with Gasteiger partial charge < -0.3 is 10.4 Å². The predicted molar refractivity (Wildman–Crippen MR) is 76.9 cm³/mol. The molecule has 0 saturated carbocycles. The van der Waals surface area contributed by atoms with E-state index in [-0.39, 0.29) is 0 Å². The predicted octanol–water partition coefficient (Wildman–Crippen LogP) is 3.00. The first kappa shape index (κ1) is 13.3. The molecule has 3 heteroatoms. The second-order valence-electron chi connectivity index (χ2n) is 4.53. The first-order valence-electron chi connectivity index (χ1n) is 6.24. The molecule has 18 heavy (non-hydrogen) atoms. The molecule has 0 radical (unpaired) electrons. The molecule has 2 N–H and O–H groups in total. The lowest BCUT2D eigenvalue weighted by molar-refractivity contribution is 0.174. The minimum atomic E-state index is -0.400. The van der Waals surface area contributed by atoms with E-state index in [1.54, 1.807) is 11.3 Å². The quantitative estimate of drug-likeness (QED) is 0.838. The molecule has 2 nitrogen and oxygen atoms in total. The summed E-state index contributed by atoms with van der Waals surface area (Å²) in [4.78, 5) is 1.02. The number of hydrogen-bond donors (Lipinski definition) is 2. The fourth-order valence-electron chi connectivity index (χ4n) is 1.93. The number of aliphatic hydroxyl groups excluding tert-OH is 1. The minimum absolute atomic E-state index is 0.363. The molecule has 0 saturated heterocycles. The third-order valence-electron chi connectivity index (χ3n) is 2.92. The van der Waals surface area contributed by atoms with Crippen LogP contribution in [0.1, 0.15) is 23.5 Å². The van der Waals surface area contributed by atoms with Crippen LogP contribution in [0, 0.1) is 0 Å². The molecule has 0 bridgehead atoms. The molecule has 0 spiro atoms. The summed E-state index contributed by atoms with van der Waals surface area (Å²) in [6.07, 6.45) is 0.584. The van der Waals surface area contributed by atoms with E-state index in [9.17, 15) is 5.11 Å². The summed E-state index contributed by atoms with van der Waals surface area (Å²) in [7, 11) is 0. The Hall–Kier alpha value is -1.16. The largest absolute Gasteiger partial charge is 0.386 e. The molecule has 2 aromatic rings. The van der Waals surface area contributed by atoms with Gasteiger partial charge in [0.25, 0.3) is 0 Å². The Balaban J connectivity index is 1.77. The van der Waals surface area contributed by atoms with Crippen molar-refractivity contribution in [1.82, 2.24) is 5.32 Å². The average molecular weight is 261 g/mol. The van der Waals surface area contributed by atoms with Crippen LogP contribution in [0.2, 0.25) is 0 Å². The fourth-order valence-corrected chi connectivity index (χ4v) is 2.65. The zero-order chi connectivity index (χ0) is 12.8. The van der Waals surface area contributed by atoms with Crippen molar-refractivity contribution < 1.29 is 5.11 Å². The third-order valence-corrected chi connectivity index (χ3v) is 3.89. The highest BCUT2D eigenvalue weighted by molar-refractivity contribution is 7.10. The van der Waals surface area contributed by atoms with Crippen molar-refractivity contribution in [1.29, 1.82) is 0 Å². The van der Waals surface area contributed by atoms with E-state index in [2.05, 4.69) is 36.5 Å². The molecule has 96 valence electrons. The Morgan fingerprint density at radius 1 is 1.17 bits per heavy atom. The van der Waals surface area contributed by atoms with Gasteiger partial charge in [-0.1, -0.05) is 36.4 Å². The van der Waals surface area contributed by atoms with Crippen LogP contribution >= 0.6 is 11.3 Å². The zero-order valence-electron chi connectivity index (χ0n) is 10.5. The summed E-state index contributed by atoms with van der Waals surface area (Å²) in [5.74, 6) is 0. The summed E-state index contributed by atoms with van der Waals surface area (Å²) in [5, 5.41) is 15.3. The normalized spacial score (nSPS) is 14.3. The first-order valence-corrected chi connectivity index (χ1v) is 7.12. The summed E-state index contributed by atoms with van der Waals surface area (Å²) < 4.78 is 0. The van der Waals surface area contributed by atoms with Crippen LogP contribution in [0.5, 0.6) is 0 Å². The Morgan fingerprint density at radius 3 is 2.61 bits per heavy atom. The number of benzene rings is 1. The van der Waals surface area contributed by atoms with Crippen LogP contribution < -0.4 is 5.32 Å². The topological polar surface area (TPSA) is 32.3 Å². The highest BCUT2D eigenvalue weighted by atomic mass is 32.1. The van der Waals surface area contributed by atoms with Crippen molar-refractivity contribution in [2.75, 3.05) is 6.54 Å². The Morgan fingerprint density at radius 2 is 1.94 bits per heavy atom. The van der Waals surface area contributed by atoms with Crippen molar-refractivity contribution in [3.63, 3.8) is 0 Å². The van der Waals surface area contributed by atoms with Crippen molar-refractivity contribution in [2.45, 2.75) is 25.5 Å². The van der Waals surface area contributed by atoms with Gasteiger partial charge in [0, 0.05) is 17.5 Å². The molecule has 2 rings (SSSR count). The third kappa shape index (κ3) is 3.95. The number of rotatable bonds is 6. The standard InChI is InChI=1S/C15H19NOS/c1-12(10-13-6-3-2-4-7-13)16-11-14(17)15-8-5-9-18-15/h2-9,12,14,16-17H,10-11H2,1H3. The smallest absolute Gasteiger partial charge is 0.101 e. The van der Waals surface area contributed by atoms with E-state index in [1.807, 2.05) is 23.6 Å². The highest BCUT2D eigenvalue weighted by Gasteiger charge is 2.10. The molecule has 0 fully saturated rings. The maximum atomic E-state index is 9.97. The van der Waals surface area contributed by atoms with Gasteiger partial charge in [-0.25, -0.2) is 0 Å². The lowest BCUT2D eigenvalue weighted by atomic mass is 10.1. The highest BCUT2D eigenvalue weighted by Crippen LogP contribution is 2.17. The first-order chi connectivity index (χ1) is 8.75. The Labute approximate surface area is 112 Å². The molecule has 2 atom stereocenters. The lowest BCUT2D eigenvalue weighted by Gasteiger charge is -2.16. The van der Waals surface area contributed by atoms with Crippen LogP contribution in [0.25, 0.3) is 0 Å². The molecule has 0 amide bonds. The van der Waals surface area contributed by atoms with Gasteiger partial charge in [0.15, 0.2) is 0 Å². The Kier molecular flexibility index (Phi) is 4.93. The maximum absolute atomic E-state index is 9.97. The van der Waals surface area contributed by atoms with Gasteiger partial charge in [0.2, 0.25) is 0 Å². The number of nitrogens with one attached hydrogen (secondary N) is 1. The molecule has 1 aromatic heterocycles. The molecule has 2 unspecified atom stereocenters. The van der Waals surface area contributed by atoms with E-state index in [4.69, 9.17) is 0 Å². The van der Waals surface area contributed by atoms with Gasteiger partial charge >= 0.3 is 0 Å².